The molecule has 32 heavy (non-hydrogen) atoms. The average molecular weight is 465 g/mol. The Balaban J connectivity index is 1.57. The van der Waals surface area contributed by atoms with E-state index in [0.29, 0.717) is 38.3 Å². The van der Waals surface area contributed by atoms with Gasteiger partial charge in [0.15, 0.2) is 0 Å². The molecule has 0 bridgehead atoms. The first-order valence-corrected chi connectivity index (χ1v) is 10.5. The van der Waals surface area contributed by atoms with Crippen molar-refractivity contribution in [3.8, 4) is 5.75 Å². The minimum Gasteiger partial charge on any atom is -0.494 e. The van der Waals surface area contributed by atoms with Gasteiger partial charge in [-0.3, -0.25) is 9.59 Å². The summed E-state index contributed by atoms with van der Waals surface area (Å²) in [6.45, 7) is 0. The summed E-state index contributed by atoms with van der Waals surface area (Å²) in [4.78, 5) is 25.5. The Morgan fingerprint density at radius 3 is 2.16 bits per heavy atom. The lowest BCUT2D eigenvalue weighted by molar-refractivity contribution is 0.101. The molecule has 0 saturated heterocycles. The summed E-state index contributed by atoms with van der Waals surface area (Å²) >= 11 is 12.4. The summed E-state index contributed by atoms with van der Waals surface area (Å²) in [5.74, 6) is -0.254. The molecule has 0 fully saturated rings. The fourth-order valence-corrected chi connectivity index (χ4v) is 3.83. The number of rotatable bonds is 5. The monoisotopic (exact) mass is 464 g/mol. The lowest BCUT2D eigenvalue weighted by Gasteiger charge is -2.14. The predicted molar refractivity (Wildman–Crippen MR) is 129 cm³/mol. The summed E-state index contributed by atoms with van der Waals surface area (Å²) in [6, 6.07) is 22.6. The van der Waals surface area contributed by atoms with Crippen LogP contribution in [-0.2, 0) is 0 Å². The molecule has 160 valence electrons. The number of amides is 2. The highest BCUT2D eigenvalue weighted by molar-refractivity contribution is 6.36. The molecule has 0 aliphatic carbocycles. The highest BCUT2D eigenvalue weighted by Gasteiger charge is 2.15. The highest BCUT2D eigenvalue weighted by Crippen LogP contribution is 2.30. The van der Waals surface area contributed by atoms with Crippen LogP contribution in [0.5, 0.6) is 5.75 Å². The number of carbonyl (C=O) groups excluding carboxylic acids is 2. The fourth-order valence-electron chi connectivity index (χ4n) is 3.38. The van der Waals surface area contributed by atoms with E-state index >= 15 is 0 Å². The predicted octanol–water partition coefficient (Wildman–Crippen LogP) is 6.66. The van der Waals surface area contributed by atoms with Crippen LogP contribution in [0.4, 0.5) is 11.4 Å². The molecule has 0 atom stereocenters. The van der Waals surface area contributed by atoms with Crippen LogP contribution < -0.4 is 15.4 Å². The van der Waals surface area contributed by atoms with Gasteiger partial charge in [0, 0.05) is 27.7 Å². The zero-order valence-corrected chi connectivity index (χ0v) is 18.5. The van der Waals surface area contributed by atoms with Gasteiger partial charge in [0.2, 0.25) is 0 Å². The van der Waals surface area contributed by atoms with Gasteiger partial charge in [-0.2, -0.15) is 0 Å². The Kier molecular flexibility index (Phi) is 6.30. The molecule has 4 rings (SSSR count). The summed E-state index contributed by atoms with van der Waals surface area (Å²) < 4.78 is 5.41. The summed E-state index contributed by atoms with van der Waals surface area (Å²) in [5.41, 5.74) is 1.82. The van der Waals surface area contributed by atoms with Crippen molar-refractivity contribution < 1.29 is 14.3 Å². The van der Waals surface area contributed by atoms with Gasteiger partial charge < -0.3 is 15.4 Å². The molecule has 2 amide bonds. The minimum absolute atomic E-state index is 0.284. The molecule has 4 aromatic carbocycles. The molecular weight excluding hydrogens is 447 g/mol. The number of fused-ring (bicyclic) bond motifs is 1. The number of ether oxygens (including phenoxy) is 1. The Bertz CT molecular complexity index is 1340. The fraction of sp³-hybridized carbons (Fsp3) is 0.0400. The zero-order valence-electron chi connectivity index (χ0n) is 17.0. The number of carbonyl (C=O) groups is 2. The van der Waals surface area contributed by atoms with Crippen LogP contribution in [0.3, 0.4) is 0 Å². The lowest BCUT2D eigenvalue weighted by Crippen LogP contribution is -2.14. The lowest BCUT2D eigenvalue weighted by atomic mass is 10.0. The molecule has 0 aromatic heterocycles. The first-order chi connectivity index (χ1) is 15.5. The largest absolute Gasteiger partial charge is 0.494 e. The first kappa shape index (κ1) is 21.7. The van der Waals surface area contributed by atoms with E-state index in [1.165, 1.54) is 7.11 Å². The third-order valence-corrected chi connectivity index (χ3v) is 5.60. The summed E-state index contributed by atoms with van der Waals surface area (Å²) in [7, 11) is 1.48. The second-order valence-corrected chi connectivity index (χ2v) is 7.76. The molecule has 0 radical (unpaired) electrons. The van der Waals surface area contributed by atoms with Gasteiger partial charge in [0.05, 0.1) is 23.4 Å². The Morgan fingerprint density at radius 2 is 1.38 bits per heavy atom. The molecule has 0 aliphatic rings. The number of hydrogen-bond donors (Lipinski definition) is 2. The Labute approximate surface area is 194 Å². The first-order valence-electron chi connectivity index (χ1n) is 9.70. The van der Waals surface area contributed by atoms with Gasteiger partial charge in [-0.15, -0.1) is 0 Å². The molecule has 0 heterocycles. The maximum Gasteiger partial charge on any atom is 0.257 e. The van der Waals surface area contributed by atoms with Crippen molar-refractivity contribution in [2.24, 2.45) is 0 Å². The van der Waals surface area contributed by atoms with Crippen LogP contribution in [0.15, 0.2) is 78.9 Å². The molecule has 4 aromatic rings. The van der Waals surface area contributed by atoms with Gasteiger partial charge in [-0.1, -0.05) is 59.6 Å². The molecule has 2 N–H and O–H groups in total. The highest BCUT2D eigenvalue weighted by atomic mass is 35.5. The van der Waals surface area contributed by atoms with Crippen molar-refractivity contribution in [3.63, 3.8) is 0 Å². The van der Waals surface area contributed by atoms with E-state index in [0.717, 1.165) is 10.8 Å². The van der Waals surface area contributed by atoms with Gasteiger partial charge in [0.25, 0.3) is 11.8 Å². The van der Waals surface area contributed by atoms with Gasteiger partial charge in [-0.25, -0.2) is 0 Å². The van der Waals surface area contributed by atoms with E-state index in [2.05, 4.69) is 10.6 Å². The number of benzene rings is 4. The third-order valence-electron chi connectivity index (χ3n) is 4.94. The van der Waals surface area contributed by atoms with Crippen molar-refractivity contribution in [1.82, 2.24) is 0 Å². The van der Waals surface area contributed by atoms with Crippen LogP contribution in [0.1, 0.15) is 20.7 Å². The minimum atomic E-state index is -0.363. The van der Waals surface area contributed by atoms with Crippen molar-refractivity contribution in [1.29, 1.82) is 0 Å². The van der Waals surface area contributed by atoms with E-state index in [9.17, 15) is 9.59 Å². The second kappa shape index (κ2) is 9.30. The number of methoxy groups -OCH3 is 1. The van der Waals surface area contributed by atoms with Crippen molar-refractivity contribution in [2.45, 2.75) is 0 Å². The smallest absolute Gasteiger partial charge is 0.257 e. The maximum atomic E-state index is 12.9. The van der Waals surface area contributed by atoms with Crippen LogP contribution in [0.2, 0.25) is 10.0 Å². The average Bonchev–Trinajstić information content (AvgIpc) is 2.80. The molecular formula is C25H18Cl2N2O3. The number of halogens is 2. The van der Waals surface area contributed by atoms with Crippen LogP contribution >= 0.6 is 23.2 Å². The molecule has 5 nitrogen and oxygen atoms in total. The SMILES string of the molecule is COc1cc(NC(=O)c2cccc3c(Cl)cccc23)ccc1NC(=O)c1ccccc1Cl. The van der Waals surface area contributed by atoms with E-state index in [-0.39, 0.29) is 11.8 Å². The number of nitrogens with one attached hydrogen (secondary N) is 2. The molecule has 7 heteroatoms. The van der Waals surface area contributed by atoms with Crippen molar-refractivity contribution >= 4 is 57.2 Å². The van der Waals surface area contributed by atoms with Gasteiger partial charge >= 0.3 is 0 Å². The topological polar surface area (TPSA) is 67.4 Å². The van der Waals surface area contributed by atoms with Gasteiger partial charge in [-0.05, 0) is 41.8 Å². The van der Waals surface area contributed by atoms with E-state index in [1.54, 1.807) is 66.7 Å². The summed E-state index contributed by atoms with van der Waals surface area (Å²) in [6.07, 6.45) is 0. The maximum absolute atomic E-state index is 12.9. The molecule has 0 aliphatic heterocycles. The zero-order chi connectivity index (χ0) is 22.7. The normalized spacial score (nSPS) is 10.6. The van der Waals surface area contributed by atoms with Crippen molar-refractivity contribution in [3.05, 3.63) is 100 Å². The number of anilines is 2. The molecule has 0 saturated carbocycles. The third kappa shape index (κ3) is 4.40. The quantitative estimate of drug-likeness (QED) is 0.346. The standard InChI is InChI=1S/C25H18Cl2N2O3/c1-32-23-14-15(12-13-22(23)29-25(31)19-6-2-3-10-21(19)27)28-24(30)18-9-4-8-17-16(18)7-5-11-20(17)26/h2-14H,1H3,(H,28,30)(H,29,31). The number of hydrogen-bond acceptors (Lipinski definition) is 3. The van der Waals surface area contributed by atoms with Crippen molar-refractivity contribution in [2.75, 3.05) is 17.7 Å². The second-order valence-electron chi connectivity index (χ2n) is 6.94. The van der Waals surface area contributed by atoms with E-state index in [1.807, 2.05) is 12.1 Å². The molecule has 0 spiro atoms. The van der Waals surface area contributed by atoms with E-state index < -0.39 is 0 Å². The van der Waals surface area contributed by atoms with Crippen LogP contribution in [-0.4, -0.2) is 18.9 Å². The van der Waals surface area contributed by atoms with Crippen LogP contribution in [0.25, 0.3) is 10.8 Å². The molecule has 0 unspecified atom stereocenters. The summed E-state index contributed by atoms with van der Waals surface area (Å²) in [5, 5.41) is 8.15. The van der Waals surface area contributed by atoms with Crippen LogP contribution in [0, 0.1) is 0 Å². The Hall–Kier alpha value is -3.54. The Morgan fingerprint density at radius 1 is 0.719 bits per heavy atom. The van der Waals surface area contributed by atoms with Gasteiger partial charge in [0.1, 0.15) is 5.75 Å². The van der Waals surface area contributed by atoms with E-state index in [4.69, 9.17) is 27.9 Å².